The van der Waals surface area contributed by atoms with Gasteiger partial charge in [0.1, 0.15) is 10.7 Å². The number of furan rings is 1. The zero-order chi connectivity index (χ0) is 18.8. The summed E-state index contributed by atoms with van der Waals surface area (Å²) in [4.78, 5) is 26.7. The molecule has 6 nitrogen and oxygen atoms in total. The van der Waals surface area contributed by atoms with Crippen molar-refractivity contribution in [1.82, 2.24) is 14.9 Å². The minimum atomic E-state index is 0.108. The monoisotopic (exact) mass is 382 g/mol. The molecule has 4 rings (SSSR count). The van der Waals surface area contributed by atoms with Gasteiger partial charge < -0.3 is 14.2 Å². The van der Waals surface area contributed by atoms with Crippen LogP contribution in [-0.2, 0) is 11.2 Å². The van der Waals surface area contributed by atoms with Gasteiger partial charge in [0.2, 0.25) is 5.91 Å². The predicted molar refractivity (Wildman–Crippen MR) is 106 cm³/mol. The smallest absolute Gasteiger partial charge is 0.229 e. The number of carbonyl (C=O) groups excluding carboxylic acids is 1. The Bertz CT molecular complexity index is 907. The molecule has 0 bridgehead atoms. The van der Waals surface area contributed by atoms with Crippen LogP contribution in [-0.4, -0.2) is 47.0 Å². The predicted octanol–water partition coefficient (Wildman–Crippen LogP) is 3.39. The van der Waals surface area contributed by atoms with E-state index in [1.165, 1.54) is 0 Å². The molecule has 0 saturated carbocycles. The first kappa shape index (κ1) is 17.7. The minimum Gasteiger partial charge on any atom is -0.463 e. The second-order valence-electron chi connectivity index (χ2n) is 6.77. The molecule has 0 spiro atoms. The van der Waals surface area contributed by atoms with Gasteiger partial charge in [-0.1, -0.05) is 0 Å². The van der Waals surface area contributed by atoms with Crippen LogP contribution in [0.1, 0.15) is 16.3 Å². The Labute approximate surface area is 162 Å². The SMILES string of the molecule is Cc1sc(CC(=O)N(C)C2CCN(c3ccncc3)C2)nc1-c1ccco1. The van der Waals surface area contributed by atoms with Crippen LogP contribution in [0.5, 0.6) is 0 Å². The van der Waals surface area contributed by atoms with Crippen molar-refractivity contribution in [3.05, 3.63) is 52.8 Å². The van der Waals surface area contributed by atoms with Gasteiger partial charge in [0, 0.05) is 43.1 Å². The first-order valence-corrected chi connectivity index (χ1v) is 9.84. The molecule has 1 fully saturated rings. The molecule has 1 atom stereocenters. The molecular formula is C20H22N4O2S. The van der Waals surface area contributed by atoms with Gasteiger partial charge >= 0.3 is 0 Å². The van der Waals surface area contributed by atoms with Crippen LogP contribution < -0.4 is 4.90 Å². The summed E-state index contributed by atoms with van der Waals surface area (Å²) >= 11 is 1.56. The van der Waals surface area contributed by atoms with Crippen molar-refractivity contribution in [3.8, 4) is 11.5 Å². The quantitative estimate of drug-likeness (QED) is 0.677. The third-order valence-corrected chi connectivity index (χ3v) is 6.00. The lowest BCUT2D eigenvalue weighted by atomic mass is 10.2. The summed E-state index contributed by atoms with van der Waals surface area (Å²) in [5.41, 5.74) is 1.99. The number of pyridine rings is 1. The van der Waals surface area contributed by atoms with Crippen LogP contribution in [0.4, 0.5) is 5.69 Å². The van der Waals surface area contributed by atoms with Crippen LogP contribution in [0, 0.1) is 6.92 Å². The van der Waals surface area contributed by atoms with Crippen molar-refractivity contribution in [2.45, 2.75) is 25.8 Å². The summed E-state index contributed by atoms with van der Waals surface area (Å²) in [7, 11) is 1.90. The van der Waals surface area contributed by atoms with E-state index in [9.17, 15) is 4.79 Å². The molecule has 1 saturated heterocycles. The van der Waals surface area contributed by atoms with Gasteiger partial charge in [-0.25, -0.2) is 4.98 Å². The highest BCUT2D eigenvalue weighted by Crippen LogP contribution is 2.28. The Balaban J connectivity index is 1.39. The van der Waals surface area contributed by atoms with E-state index in [2.05, 4.69) is 14.9 Å². The summed E-state index contributed by atoms with van der Waals surface area (Å²) in [5, 5.41) is 0.833. The van der Waals surface area contributed by atoms with Gasteiger partial charge in [0.15, 0.2) is 5.76 Å². The normalized spacial score (nSPS) is 16.7. The molecule has 140 valence electrons. The maximum Gasteiger partial charge on any atom is 0.229 e. The van der Waals surface area contributed by atoms with E-state index in [4.69, 9.17) is 4.42 Å². The summed E-state index contributed by atoms with van der Waals surface area (Å²) in [6.07, 6.45) is 6.55. The Morgan fingerprint density at radius 2 is 2.19 bits per heavy atom. The largest absolute Gasteiger partial charge is 0.463 e. The number of nitrogens with zero attached hydrogens (tertiary/aromatic N) is 4. The Morgan fingerprint density at radius 3 is 2.93 bits per heavy atom. The number of aryl methyl sites for hydroxylation is 1. The number of rotatable bonds is 5. The summed E-state index contributed by atoms with van der Waals surface area (Å²) in [6, 6.07) is 7.99. The molecule has 7 heteroatoms. The molecule has 0 radical (unpaired) electrons. The number of likely N-dealkylation sites (N-methyl/N-ethyl adjacent to an activating group) is 1. The minimum absolute atomic E-state index is 0.108. The second kappa shape index (κ2) is 7.52. The van der Waals surface area contributed by atoms with Gasteiger partial charge in [-0.05, 0) is 37.6 Å². The summed E-state index contributed by atoms with van der Waals surface area (Å²) in [5.74, 6) is 0.857. The van der Waals surface area contributed by atoms with Gasteiger partial charge in [0.05, 0.1) is 18.7 Å². The van der Waals surface area contributed by atoms with Crippen LogP contribution in [0.25, 0.3) is 11.5 Å². The summed E-state index contributed by atoms with van der Waals surface area (Å²) in [6.45, 7) is 3.81. The fourth-order valence-corrected chi connectivity index (χ4v) is 4.40. The summed E-state index contributed by atoms with van der Waals surface area (Å²) < 4.78 is 5.44. The highest BCUT2D eigenvalue weighted by molar-refractivity contribution is 7.12. The first-order valence-electron chi connectivity index (χ1n) is 9.02. The molecule has 0 N–H and O–H groups in total. The highest BCUT2D eigenvalue weighted by Gasteiger charge is 2.29. The molecule has 3 aromatic heterocycles. The number of thiazole rings is 1. The molecule has 4 heterocycles. The highest BCUT2D eigenvalue weighted by atomic mass is 32.1. The van der Waals surface area contributed by atoms with Gasteiger partial charge in [-0.15, -0.1) is 11.3 Å². The second-order valence-corrected chi connectivity index (χ2v) is 8.05. The van der Waals surface area contributed by atoms with Crippen LogP contribution in [0.2, 0.25) is 0 Å². The molecule has 0 aromatic carbocycles. The lowest BCUT2D eigenvalue weighted by molar-refractivity contribution is -0.130. The third-order valence-electron chi connectivity index (χ3n) is 5.03. The lowest BCUT2D eigenvalue weighted by Gasteiger charge is -2.25. The van der Waals surface area contributed by atoms with E-state index < -0.39 is 0 Å². The fourth-order valence-electron chi connectivity index (χ4n) is 3.47. The molecule has 27 heavy (non-hydrogen) atoms. The number of anilines is 1. The molecule has 1 aliphatic rings. The van der Waals surface area contributed by atoms with Crippen molar-refractivity contribution < 1.29 is 9.21 Å². The topological polar surface area (TPSA) is 62.5 Å². The molecule has 1 amide bonds. The van der Waals surface area contributed by atoms with Crippen molar-refractivity contribution in [1.29, 1.82) is 0 Å². The molecule has 1 unspecified atom stereocenters. The van der Waals surface area contributed by atoms with E-state index in [0.29, 0.717) is 6.42 Å². The van der Waals surface area contributed by atoms with Crippen molar-refractivity contribution in [2.24, 2.45) is 0 Å². The average molecular weight is 382 g/mol. The molecule has 1 aliphatic heterocycles. The molecular weight excluding hydrogens is 360 g/mol. The average Bonchev–Trinajstić information content (AvgIpc) is 3.42. The van der Waals surface area contributed by atoms with E-state index in [-0.39, 0.29) is 11.9 Å². The number of carbonyl (C=O) groups is 1. The van der Waals surface area contributed by atoms with E-state index >= 15 is 0 Å². The van der Waals surface area contributed by atoms with Gasteiger partial charge in [-0.3, -0.25) is 9.78 Å². The lowest BCUT2D eigenvalue weighted by Crippen LogP contribution is -2.39. The van der Waals surface area contributed by atoms with Gasteiger partial charge in [-0.2, -0.15) is 0 Å². The maximum absolute atomic E-state index is 12.8. The molecule has 3 aromatic rings. The van der Waals surface area contributed by atoms with E-state index in [0.717, 1.165) is 46.5 Å². The first-order chi connectivity index (χ1) is 13.1. The number of aromatic nitrogens is 2. The third kappa shape index (κ3) is 3.73. The van der Waals surface area contributed by atoms with Gasteiger partial charge in [0.25, 0.3) is 0 Å². The van der Waals surface area contributed by atoms with Crippen LogP contribution >= 0.6 is 11.3 Å². The van der Waals surface area contributed by atoms with E-state index in [1.807, 2.05) is 43.1 Å². The Hall–Kier alpha value is -2.67. The zero-order valence-electron chi connectivity index (χ0n) is 15.5. The van der Waals surface area contributed by atoms with Crippen molar-refractivity contribution >= 4 is 22.9 Å². The van der Waals surface area contributed by atoms with Crippen LogP contribution in [0.3, 0.4) is 0 Å². The maximum atomic E-state index is 12.8. The van der Waals surface area contributed by atoms with Crippen molar-refractivity contribution in [2.75, 3.05) is 25.0 Å². The Kier molecular flexibility index (Phi) is 4.94. The number of hydrogen-bond acceptors (Lipinski definition) is 6. The van der Waals surface area contributed by atoms with Crippen LogP contribution in [0.15, 0.2) is 47.3 Å². The fraction of sp³-hybridized carbons (Fsp3) is 0.350. The standard InChI is InChI=1S/C20H22N4O2S/c1-14-20(17-4-3-11-26-17)22-18(27-14)12-19(25)23(2)16-7-10-24(13-16)15-5-8-21-9-6-15/h3-6,8-9,11,16H,7,10,12-13H2,1-2H3. The number of hydrogen-bond donors (Lipinski definition) is 0. The number of amides is 1. The molecule has 0 aliphatic carbocycles. The van der Waals surface area contributed by atoms with E-state index in [1.54, 1.807) is 30.0 Å². The zero-order valence-corrected chi connectivity index (χ0v) is 16.3. The van der Waals surface area contributed by atoms with Crippen molar-refractivity contribution in [3.63, 3.8) is 0 Å². The Morgan fingerprint density at radius 1 is 1.37 bits per heavy atom.